The fraction of sp³-hybridized carbons (Fsp3) is 0.0833. The van der Waals surface area contributed by atoms with Crippen LogP contribution in [0.25, 0.3) is 33.4 Å². The van der Waals surface area contributed by atoms with Gasteiger partial charge in [-0.3, -0.25) is 4.79 Å². The minimum atomic E-state index is -0.0478. The van der Waals surface area contributed by atoms with Crippen LogP contribution >= 0.6 is 0 Å². The lowest BCUT2D eigenvalue weighted by molar-refractivity contribution is 0.0954. The van der Waals surface area contributed by atoms with Crippen molar-refractivity contribution in [1.29, 1.82) is 0 Å². The highest BCUT2D eigenvalue weighted by Crippen LogP contribution is 2.28. The maximum atomic E-state index is 12.2. The molecule has 142 valence electrons. The molecular weight excluding hydrogens is 362 g/mol. The Labute approximate surface area is 167 Å². The molecule has 5 rings (SSSR count). The summed E-state index contributed by atoms with van der Waals surface area (Å²) < 4.78 is 5.45. The minimum Gasteiger partial charge on any atom is -0.463 e. The molecule has 0 unspecified atom stereocenters. The van der Waals surface area contributed by atoms with E-state index in [4.69, 9.17) is 9.40 Å². The van der Waals surface area contributed by atoms with Gasteiger partial charge in [-0.15, -0.1) is 0 Å². The van der Waals surface area contributed by atoms with Gasteiger partial charge in [0.1, 0.15) is 11.3 Å². The third-order valence-electron chi connectivity index (χ3n) is 5.03. The molecule has 0 spiro atoms. The number of nitrogens with one attached hydrogen (secondary N) is 2. The van der Waals surface area contributed by atoms with E-state index in [1.54, 1.807) is 6.26 Å². The number of hydrogen-bond donors (Lipinski definition) is 2. The highest BCUT2D eigenvalue weighted by Gasteiger charge is 2.10. The number of hydrogen-bond acceptors (Lipinski definition) is 3. The van der Waals surface area contributed by atoms with Crippen molar-refractivity contribution in [2.45, 2.75) is 6.42 Å². The van der Waals surface area contributed by atoms with Gasteiger partial charge in [0.05, 0.1) is 6.26 Å². The number of rotatable bonds is 5. The molecule has 5 heteroatoms. The second kappa shape index (κ2) is 7.28. The third-order valence-corrected chi connectivity index (χ3v) is 5.03. The van der Waals surface area contributed by atoms with Crippen LogP contribution in [0.5, 0.6) is 0 Å². The normalized spacial score (nSPS) is 11.2. The molecule has 0 saturated heterocycles. The Morgan fingerprint density at radius 2 is 1.86 bits per heavy atom. The second-order valence-electron chi connectivity index (χ2n) is 6.95. The zero-order chi connectivity index (χ0) is 19.6. The molecule has 3 heterocycles. The quantitative estimate of drug-likeness (QED) is 0.453. The Balaban J connectivity index is 1.35. The number of aromatic nitrogens is 2. The van der Waals surface area contributed by atoms with E-state index in [9.17, 15) is 4.79 Å². The van der Waals surface area contributed by atoms with Crippen molar-refractivity contribution >= 4 is 27.8 Å². The number of benzene rings is 2. The van der Waals surface area contributed by atoms with Crippen molar-refractivity contribution in [2.75, 3.05) is 6.54 Å². The van der Waals surface area contributed by atoms with Crippen LogP contribution in [0.2, 0.25) is 0 Å². The smallest absolute Gasteiger partial charge is 0.251 e. The van der Waals surface area contributed by atoms with Gasteiger partial charge in [0, 0.05) is 28.4 Å². The van der Waals surface area contributed by atoms with E-state index in [2.05, 4.69) is 34.6 Å². The summed E-state index contributed by atoms with van der Waals surface area (Å²) in [7, 11) is 0. The van der Waals surface area contributed by atoms with Crippen LogP contribution in [-0.4, -0.2) is 22.4 Å². The summed E-state index contributed by atoms with van der Waals surface area (Å²) >= 11 is 0. The van der Waals surface area contributed by atoms with Crippen molar-refractivity contribution in [3.63, 3.8) is 0 Å². The van der Waals surface area contributed by atoms with Crippen LogP contribution in [0.4, 0.5) is 0 Å². The maximum Gasteiger partial charge on any atom is 0.251 e. The van der Waals surface area contributed by atoms with Crippen molar-refractivity contribution in [3.05, 3.63) is 90.2 Å². The summed E-state index contributed by atoms with van der Waals surface area (Å²) in [5.74, 6) is 0.703. The topological polar surface area (TPSA) is 70.9 Å². The summed E-state index contributed by atoms with van der Waals surface area (Å²) in [6.45, 7) is 0.586. The number of fused-ring (bicyclic) bond motifs is 3. The summed E-state index contributed by atoms with van der Waals surface area (Å²) in [5.41, 5.74) is 4.53. The van der Waals surface area contributed by atoms with Gasteiger partial charge in [0.25, 0.3) is 5.91 Å². The van der Waals surface area contributed by atoms with Crippen molar-refractivity contribution in [2.24, 2.45) is 0 Å². The average molecular weight is 381 g/mol. The van der Waals surface area contributed by atoms with Crippen molar-refractivity contribution in [1.82, 2.24) is 15.3 Å². The Kier molecular flexibility index (Phi) is 4.33. The number of furan rings is 1. The Bertz CT molecular complexity index is 1290. The van der Waals surface area contributed by atoms with Crippen LogP contribution in [-0.2, 0) is 6.42 Å². The van der Waals surface area contributed by atoms with Crippen LogP contribution in [0, 0.1) is 0 Å². The van der Waals surface area contributed by atoms with E-state index in [0.717, 1.165) is 39.8 Å². The number of aromatic amines is 1. The zero-order valence-electron chi connectivity index (χ0n) is 15.7. The summed E-state index contributed by atoms with van der Waals surface area (Å²) in [5, 5.41) is 5.18. The fourth-order valence-corrected chi connectivity index (χ4v) is 3.55. The fourth-order valence-electron chi connectivity index (χ4n) is 3.55. The molecule has 5 aromatic rings. The third kappa shape index (κ3) is 3.38. The molecule has 0 bridgehead atoms. The number of carbonyl (C=O) groups excluding carboxylic acids is 1. The van der Waals surface area contributed by atoms with Gasteiger partial charge < -0.3 is 14.7 Å². The maximum absolute atomic E-state index is 12.2. The first-order valence-electron chi connectivity index (χ1n) is 9.56. The number of amides is 1. The molecule has 0 aliphatic rings. The van der Waals surface area contributed by atoms with Crippen LogP contribution in [0.15, 0.2) is 83.5 Å². The summed E-state index contributed by atoms with van der Waals surface area (Å²) in [6, 6.07) is 23.4. The highest BCUT2D eigenvalue weighted by atomic mass is 16.3. The molecular formula is C24H19N3O2. The molecule has 2 N–H and O–H groups in total. The Morgan fingerprint density at radius 3 is 2.69 bits per heavy atom. The SMILES string of the molecule is O=C(NCCc1ccc2[nH]c3nc(-c4ccco4)ccc3c2c1)c1ccccc1. The summed E-state index contributed by atoms with van der Waals surface area (Å²) in [6.07, 6.45) is 2.41. The Hall–Kier alpha value is -3.86. The minimum absolute atomic E-state index is 0.0478. The van der Waals surface area contributed by atoms with E-state index >= 15 is 0 Å². The molecule has 2 aromatic carbocycles. The molecule has 0 aliphatic heterocycles. The van der Waals surface area contributed by atoms with E-state index in [1.165, 1.54) is 5.56 Å². The van der Waals surface area contributed by atoms with Gasteiger partial charge in [-0.1, -0.05) is 24.3 Å². The van der Waals surface area contributed by atoms with Gasteiger partial charge in [-0.25, -0.2) is 4.98 Å². The molecule has 0 atom stereocenters. The number of pyridine rings is 1. The first-order chi connectivity index (χ1) is 14.3. The van der Waals surface area contributed by atoms with Gasteiger partial charge >= 0.3 is 0 Å². The number of carbonyl (C=O) groups is 1. The molecule has 0 radical (unpaired) electrons. The average Bonchev–Trinajstić information content (AvgIpc) is 3.42. The lowest BCUT2D eigenvalue weighted by Crippen LogP contribution is -2.25. The predicted octanol–water partition coefficient (Wildman–Crippen LogP) is 4.95. The molecule has 0 saturated carbocycles. The van der Waals surface area contributed by atoms with Gasteiger partial charge in [0.15, 0.2) is 5.76 Å². The molecule has 3 aromatic heterocycles. The second-order valence-corrected chi connectivity index (χ2v) is 6.95. The Morgan fingerprint density at radius 1 is 0.966 bits per heavy atom. The van der Waals surface area contributed by atoms with E-state index in [-0.39, 0.29) is 5.91 Å². The lowest BCUT2D eigenvalue weighted by atomic mass is 10.1. The lowest BCUT2D eigenvalue weighted by Gasteiger charge is -2.06. The van der Waals surface area contributed by atoms with Gasteiger partial charge in [-0.2, -0.15) is 0 Å². The molecule has 0 fully saturated rings. The summed E-state index contributed by atoms with van der Waals surface area (Å²) in [4.78, 5) is 20.3. The molecule has 5 nitrogen and oxygen atoms in total. The van der Waals surface area contributed by atoms with Gasteiger partial charge in [-0.05, 0) is 60.5 Å². The van der Waals surface area contributed by atoms with Crippen LogP contribution in [0.3, 0.4) is 0 Å². The van der Waals surface area contributed by atoms with E-state index < -0.39 is 0 Å². The molecule has 1 amide bonds. The van der Waals surface area contributed by atoms with Crippen LogP contribution in [0.1, 0.15) is 15.9 Å². The molecule has 0 aliphatic carbocycles. The predicted molar refractivity (Wildman–Crippen MR) is 114 cm³/mol. The molecule has 29 heavy (non-hydrogen) atoms. The monoisotopic (exact) mass is 381 g/mol. The standard InChI is InChI=1S/C24H19N3O2/c28-24(17-5-2-1-3-6-17)25-13-12-16-8-10-20-19(15-16)18-9-11-21(27-23(18)26-20)22-7-4-14-29-22/h1-11,14-15H,12-13H2,(H,25,28)(H,26,27). The van der Waals surface area contributed by atoms with Crippen molar-refractivity contribution < 1.29 is 9.21 Å². The van der Waals surface area contributed by atoms with Crippen molar-refractivity contribution in [3.8, 4) is 11.5 Å². The first-order valence-corrected chi connectivity index (χ1v) is 9.56. The number of H-pyrrole nitrogens is 1. The number of nitrogens with zero attached hydrogens (tertiary/aromatic N) is 1. The van der Waals surface area contributed by atoms with E-state index in [0.29, 0.717) is 12.1 Å². The van der Waals surface area contributed by atoms with E-state index in [1.807, 2.05) is 48.5 Å². The first kappa shape index (κ1) is 17.3. The largest absolute Gasteiger partial charge is 0.463 e. The van der Waals surface area contributed by atoms with Gasteiger partial charge in [0.2, 0.25) is 0 Å². The highest BCUT2D eigenvalue weighted by molar-refractivity contribution is 6.06. The van der Waals surface area contributed by atoms with Crippen LogP contribution < -0.4 is 5.32 Å². The zero-order valence-corrected chi connectivity index (χ0v) is 15.7.